The fraction of sp³-hybridized carbons (Fsp3) is 0.526. The molecule has 1 atom stereocenters. The Morgan fingerprint density at radius 2 is 2.04 bits per heavy atom. The number of ether oxygens (including phenoxy) is 2. The SMILES string of the molecule is O=C(CN1CCC[C@@H]1c1ccc2c(c1)OCCO2)NCCN1C(=O)CSC1=O. The minimum Gasteiger partial charge on any atom is -0.486 e. The van der Waals surface area contributed by atoms with Gasteiger partial charge < -0.3 is 14.8 Å². The highest BCUT2D eigenvalue weighted by Gasteiger charge is 2.30. The van der Waals surface area contributed by atoms with E-state index in [1.54, 1.807) is 0 Å². The molecular weight excluding hydrogens is 382 g/mol. The predicted molar refractivity (Wildman–Crippen MR) is 104 cm³/mol. The van der Waals surface area contributed by atoms with Gasteiger partial charge in [-0.15, -0.1) is 0 Å². The highest BCUT2D eigenvalue weighted by atomic mass is 32.2. The highest BCUT2D eigenvalue weighted by Crippen LogP contribution is 2.37. The summed E-state index contributed by atoms with van der Waals surface area (Å²) < 4.78 is 11.3. The fourth-order valence-corrected chi connectivity index (χ4v) is 4.56. The van der Waals surface area contributed by atoms with Crippen LogP contribution >= 0.6 is 11.8 Å². The van der Waals surface area contributed by atoms with Crippen LogP contribution in [0.5, 0.6) is 11.5 Å². The maximum absolute atomic E-state index is 12.4. The molecule has 0 bridgehead atoms. The molecule has 1 N–H and O–H groups in total. The van der Waals surface area contributed by atoms with Gasteiger partial charge in [0, 0.05) is 19.1 Å². The molecule has 8 nitrogen and oxygen atoms in total. The van der Waals surface area contributed by atoms with Crippen LogP contribution in [-0.2, 0) is 9.59 Å². The average molecular weight is 405 g/mol. The number of amides is 3. The monoisotopic (exact) mass is 405 g/mol. The standard InChI is InChI=1S/C19H23N3O5S/c23-17(20-5-7-22-18(24)12-28-19(22)25)11-21-6-1-2-14(21)13-3-4-15-16(10-13)27-9-8-26-15/h3-4,10,14H,1-2,5-9,11-12H2,(H,20,23)/t14-/m1/s1. The molecule has 1 aromatic rings. The Kier molecular flexibility index (Phi) is 5.72. The van der Waals surface area contributed by atoms with Gasteiger partial charge in [-0.1, -0.05) is 17.8 Å². The molecule has 0 radical (unpaired) electrons. The second-order valence-corrected chi connectivity index (χ2v) is 7.91. The first-order valence-electron chi connectivity index (χ1n) is 9.49. The maximum atomic E-state index is 12.4. The Balaban J connectivity index is 1.30. The van der Waals surface area contributed by atoms with Gasteiger partial charge in [0.15, 0.2) is 11.5 Å². The normalized spacial score (nSPS) is 22.0. The van der Waals surface area contributed by atoms with Gasteiger partial charge in [-0.25, -0.2) is 0 Å². The topological polar surface area (TPSA) is 88.2 Å². The number of fused-ring (bicyclic) bond motifs is 1. The van der Waals surface area contributed by atoms with Crippen LogP contribution in [-0.4, -0.2) is 72.0 Å². The zero-order chi connectivity index (χ0) is 19.5. The van der Waals surface area contributed by atoms with E-state index in [4.69, 9.17) is 9.47 Å². The number of rotatable bonds is 6. The van der Waals surface area contributed by atoms with Gasteiger partial charge >= 0.3 is 0 Å². The summed E-state index contributed by atoms with van der Waals surface area (Å²) in [6, 6.07) is 6.15. The number of hydrogen-bond acceptors (Lipinski definition) is 7. The third-order valence-corrected chi connectivity index (χ3v) is 6.02. The molecule has 0 aromatic heterocycles. The summed E-state index contributed by atoms with van der Waals surface area (Å²) in [5.41, 5.74) is 1.12. The molecule has 1 aromatic carbocycles. The van der Waals surface area contributed by atoms with Crippen molar-refractivity contribution in [2.24, 2.45) is 0 Å². The highest BCUT2D eigenvalue weighted by molar-refractivity contribution is 8.14. The number of carbonyl (C=O) groups excluding carboxylic acids is 3. The number of likely N-dealkylation sites (tertiary alicyclic amines) is 1. The Labute approximate surface area is 167 Å². The average Bonchev–Trinajstić information content (AvgIpc) is 3.29. The van der Waals surface area contributed by atoms with Gasteiger partial charge in [-0.05, 0) is 37.1 Å². The lowest BCUT2D eigenvalue weighted by Crippen LogP contribution is -2.41. The van der Waals surface area contributed by atoms with E-state index in [1.807, 2.05) is 18.2 Å². The first-order valence-corrected chi connectivity index (χ1v) is 10.5. The van der Waals surface area contributed by atoms with Crippen molar-refractivity contribution in [3.05, 3.63) is 23.8 Å². The van der Waals surface area contributed by atoms with E-state index in [0.29, 0.717) is 13.2 Å². The van der Waals surface area contributed by atoms with Crippen molar-refractivity contribution in [3.8, 4) is 11.5 Å². The first-order chi connectivity index (χ1) is 13.6. The van der Waals surface area contributed by atoms with Crippen LogP contribution in [0.25, 0.3) is 0 Å². The molecule has 0 spiro atoms. The number of imide groups is 1. The molecule has 0 unspecified atom stereocenters. The maximum Gasteiger partial charge on any atom is 0.288 e. The van der Waals surface area contributed by atoms with Crippen LogP contribution in [0, 0.1) is 0 Å². The molecule has 0 aliphatic carbocycles. The first kappa shape index (κ1) is 19.1. The summed E-state index contributed by atoms with van der Waals surface area (Å²) in [7, 11) is 0. The van der Waals surface area contributed by atoms with Crippen molar-refractivity contribution >= 4 is 28.8 Å². The summed E-state index contributed by atoms with van der Waals surface area (Å²) >= 11 is 1.00. The second-order valence-electron chi connectivity index (χ2n) is 6.98. The number of thioether (sulfide) groups is 1. The van der Waals surface area contributed by atoms with E-state index in [1.165, 1.54) is 4.90 Å². The lowest BCUT2D eigenvalue weighted by molar-refractivity contribution is -0.126. The molecule has 3 amide bonds. The molecule has 2 saturated heterocycles. The second kappa shape index (κ2) is 8.40. The smallest absolute Gasteiger partial charge is 0.288 e. The fourth-order valence-electron chi connectivity index (χ4n) is 3.80. The molecular formula is C19H23N3O5S. The minimum atomic E-state index is -0.238. The summed E-state index contributed by atoms with van der Waals surface area (Å²) in [5, 5.41) is 2.58. The van der Waals surface area contributed by atoms with E-state index < -0.39 is 0 Å². The van der Waals surface area contributed by atoms with Crippen molar-refractivity contribution in [2.45, 2.75) is 18.9 Å². The van der Waals surface area contributed by atoms with Crippen molar-refractivity contribution in [2.75, 3.05) is 45.1 Å². The molecule has 4 rings (SSSR count). The number of carbonyl (C=O) groups is 3. The Morgan fingerprint density at radius 1 is 1.21 bits per heavy atom. The lowest BCUT2D eigenvalue weighted by atomic mass is 10.0. The number of hydrogen-bond donors (Lipinski definition) is 1. The van der Waals surface area contributed by atoms with Crippen molar-refractivity contribution < 1.29 is 23.9 Å². The third kappa shape index (κ3) is 4.10. The van der Waals surface area contributed by atoms with E-state index in [0.717, 1.165) is 48.2 Å². The molecule has 0 saturated carbocycles. The van der Waals surface area contributed by atoms with Crippen LogP contribution in [0.1, 0.15) is 24.4 Å². The van der Waals surface area contributed by atoms with Crippen LogP contribution in [0.4, 0.5) is 4.79 Å². The van der Waals surface area contributed by atoms with E-state index in [-0.39, 0.29) is 48.5 Å². The molecule has 2 fully saturated rings. The van der Waals surface area contributed by atoms with Gasteiger partial charge in [-0.2, -0.15) is 0 Å². The summed E-state index contributed by atoms with van der Waals surface area (Å²) in [6.45, 7) is 2.76. The van der Waals surface area contributed by atoms with Gasteiger partial charge in [0.1, 0.15) is 13.2 Å². The number of benzene rings is 1. The van der Waals surface area contributed by atoms with Gasteiger partial charge in [-0.3, -0.25) is 24.2 Å². The quantitative estimate of drug-likeness (QED) is 0.765. The van der Waals surface area contributed by atoms with Gasteiger partial charge in [0.25, 0.3) is 5.24 Å². The van der Waals surface area contributed by atoms with Crippen LogP contribution in [0.2, 0.25) is 0 Å². The summed E-state index contributed by atoms with van der Waals surface area (Å²) in [6.07, 6.45) is 2.02. The zero-order valence-corrected chi connectivity index (χ0v) is 16.3. The predicted octanol–water partition coefficient (Wildman–Crippen LogP) is 1.41. The van der Waals surface area contributed by atoms with Crippen molar-refractivity contribution in [1.29, 1.82) is 0 Å². The lowest BCUT2D eigenvalue weighted by Gasteiger charge is -2.26. The summed E-state index contributed by atoms with van der Waals surface area (Å²) in [4.78, 5) is 38.9. The van der Waals surface area contributed by atoms with E-state index in [9.17, 15) is 14.4 Å². The third-order valence-electron chi connectivity index (χ3n) is 5.16. The summed E-state index contributed by atoms with van der Waals surface area (Å²) in [5.74, 6) is 1.43. The Morgan fingerprint density at radius 3 is 2.82 bits per heavy atom. The minimum absolute atomic E-state index is 0.101. The zero-order valence-electron chi connectivity index (χ0n) is 15.5. The Bertz CT molecular complexity index is 771. The van der Waals surface area contributed by atoms with Crippen molar-refractivity contribution in [1.82, 2.24) is 15.1 Å². The van der Waals surface area contributed by atoms with Gasteiger partial charge in [0.05, 0.1) is 12.3 Å². The number of nitrogens with one attached hydrogen (secondary N) is 1. The van der Waals surface area contributed by atoms with Crippen LogP contribution < -0.4 is 14.8 Å². The molecule has 3 heterocycles. The van der Waals surface area contributed by atoms with Crippen LogP contribution in [0.15, 0.2) is 18.2 Å². The molecule has 3 aliphatic rings. The molecule has 150 valence electrons. The van der Waals surface area contributed by atoms with Crippen molar-refractivity contribution in [3.63, 3.8) is 0 Å². The van der Waals surface area contributed by atoms with E-state index >= 15 is 0 Å². The van der Waals surface area contributed by atoms with Crippen LogP contribution in [0.3, 0.4) is 0 Å². The molecule has 3 aliphatic heterocycles. The Hall–Kier alpha value is -2.26. The largest absolute Gasteiger partial charge is 0.486 e. The molecule has 28 heavy (non-hydrogen) atoms. The number of nitrogens with zero attached hydrogens (tertiary/aromatic N) is 2. The van der Waals surface area contributed by atoms with Gasteiger partial charge in [0.2, 0.25) is 11.8 Å². The molecule has 9 heteroatoms. The van der Waals surface area contributed by atoms with E-state index in [2.05, 4.69) is 10.2 Å².